The summed E-state index contributed by atoms with van der Waals surface area (Å²) in [6.45, 7) is 1.22. The zero-order valence-corrected chi connectivity index (χ0v) is 8.12. The quantitative estimate of drug-likeness (QED) is 0.716. The van der Waals surface area contributed by atoms with Gasteiger partial charge in [0.15, 0.2) is 0 Å². The van der Waals surface area contributed by atoms with E-state index in [2.05, 4.69) is 0 Å². The SMILES string of the molecule is N#Cc1ccc(Cl)cc1OC[C@@H]1CO1. The molecule has 0 amide bonds. The van der Waals surface area contributed by atoms with E-state index >= 15 is 0 Å². The smallest absolute Gasteiger partial charge is 0.138 e. The van der Waals surface area contributed by atoms with Gasteiger partial charge in [-0.05, 0) is 12.1 Å². The molecular weight excluding hydrogens is 202 g/mol. The standard InChI is InChI=1S/C10H8ClNO2/c11-8-2-1-7(4-12)10(3-8)14-6-9-5-13-9/h1-3,9H,5-6H2/t9-/m0/s1. The van der Waals surface area contributed by atoms with Gasteiger partial charge in [-0.2, -0.15) is 5.26 Å². The number of benzene rings is 1. The van der Waals surface area contributed by atoms with Crippen LogP contribution in [0.1, 0.15) is 5.56 Å². The van der Waals surface area contributed by atoms with Crippen LogP contribution in [0.15, 0.2) is 18.2 Å². The van der Waals surface area contributed by atoms with Gasteiger partial charge in [-0.3, -0.25) is 0 Å². The molecule has 1 aliphatic rings. The highest BCUT2D eigenvalue weighted by molar-refractivity contribution is 6.30. The first-order valence-corrected chi connectivity index (χ1v) is 4.61. The van der Waals surface area contributed by atoms with Crippen LogP contribution in [0.25, 0.3) is 0 Å². The minimum Gasteiger partial charge on any atom is -0.489 e. The first-order chi connectivity index (χ1) is 6.79. The van der Waals surface area contributed by atoms with Crippen molar-refractivity contribution in [3.8, 4) is 11.8 Å². The summed E-state index contributed by atoms with van der Waals surface area (Å²) in [5.74, 6) is 0.524. The van der Waals surface area contributed by atoms with Gasteiger partial charge < -0.3 is 9.47 Å². The molecule has 0 unspecified atom stereocenters. The number of hydrogen-bond donors (Lipinski definition) is 0. The summed E-state index contributed by atoms with van der Waals surface area (Å²) in [5, 5.41) is 9.35. The van der Waals surface area contributed by atoms with E-state index in [1.54, 1.807) is 18.2 Å². The lowest BCUT2D eigenvalue weighted by atomic mass is 10.2. The van der Waals surface area contributed by atoms with E-state index in [-0.39, 0.29) is 6.10 Å². The molecule has 1 saturated heterocycles. The molecule has 1 fully saturated rings. The summed E-state index contributed by atoms with van der Waals surface area (Å²) >= 11 is 5.78. The number of nitriles is 1. The van der Waals surface area contributed by atoms with Gasteiger partial charge >= 0.3 is 0 Å². The predicted octanol–water partition coefficient (Wildman–Crippen LogP) is 1.99. The molecule has 2 rings (SSSR count). The zero-order chi connectivity index (χ0) is 9.97. The van der Waals surface area contributed by atoms with Crippen molar-refractivity contribution < 1.29 is 9.47 Å². The van der Waals surface area contributed by atoms with E-state index in [1.165, 1.54) is 0 Å². The molecule has 0 bridgehead atoms. The van der Waals surface area contributed by atoms with Gasteiger partial charge in [-0.1, -0.05) is 11.6 Å². The molecule has 0 spiro atoms. The molecule has 0 aliphatic carbocycles. The molecule has 72 valence electrons. The van der Waals surface area contributed by atoms with E-state index in [0.717, 1.165) is 6.61 Å². The third-order valence-electron chi connectivity index (χ3n) is 1.89. The molecule has 0 N–H and O–H groups in total. The van der Waals surface area contributed by atoms with Crippen molar-refractivity contribution in [3.63, 3.8) is 0 Å². The lowest BCUT2D eigenvalue weighted by Gasteiger charge is -2.05. The highest BCUT2D eigenvalue weighted by Crippen LogP contribution is 2.23. The summed E-state index contributed by atoms with van der Waals surface area (Å²) in [6.07, 6.45) is 0.181. The molecule has 3 nitrogen and oxygen atoms in total. The predicted molar refractivity (Wildman–Crippen MR) is 51.4 cm³/mol. The molecule has 4 heteroatoms. The van der Waals surface area contributed by atoms with Gasteiger partial charge in [0.2, 0.25) is 0 Å². The largest absolute Gasteiger partial charge is 0.489 e. The molecule has 1 heterocycles. The Labute approximate surface area is 86.8 Å². The normalized spacial score (nSPS) is 18.7. The number of rotatable bonds is 3. The van der Waals surface area contributed by atoms with Gasteiger partial charge in [0.25, 0.3) is 0 Å². The Bertz CT molecular complexity index is 382. The second-order valence-corrected chi connectivity index (χ2v) is 3.46. The van der Waals surface area contributed by atoms with E-state index in [0.29, 0.717) is 22.9 Å². The van der Waals surface area contributed by atoms with Crippen molar-refractivity contribution in [2.24, 2.45) is 0 Å². The van der Waals surface area contributed by atoms with E-state index in [1.807, 2.05) is 6.07 Å². The lowest BCUT2D eigenvalue weighted by molar-refractivity contribution is 0.262. The second-order valence-electron chi connectivity index (χ2n) is 3.02. The van der Waals surface area contributed by atoms with Crippen LogP contribution < -0.4 is 4.74 Å². The maximum absolute atomic E-state index is 8.79. The van der Waals surface area contributed by atoms with Gasteiger partial charge in [0, 0.05) is 11.1 Å². The summed E-state index contributed by atoms with van der Waals surface area (Å²) in [6, 6.07) is 7.00. The second kappa shape index (κ2) is 3.87. The Kier molecular flexibility index (Phi) is 2.58. The number of hydrogen-bond acceptors (Lipinski definition) is 3. The molecule has 0 saturated carbocycles. The number of nitrogens with zero attached hydrogens (tertiary/aromatic N) is 1. The highest BCUT2D eigenvalue weighted by Gasteiger charge is 2.23. The van der Waals surface area contributed by atoms with Gasteiger partial charge in [0.05, 0.1) is 12.2 Å². The zero-order valence-electron chi connectivity index (χ0n) is 7.37. The topological polar surface area (TPSA) is 45.5 Å². The van der Waals surface area contributed by atoms with E-state index in [9.17, 15) is 0 Å². The van der Waals surface area contributed by atoms with Crippen LogP contribution in [0.3, 0.4) is 0 Å². The molecule has 14 heavy (non-hydrogen) atoms. The third-order valence-corrected chi connectivity index (χ3v) is 2.13. The van der Waals surface area contributed by atoms with Gasteiger partial charge in [0.1, 0.15) is 24.5 Å². The van der Waals surface area contributed by atoms with Crippen molar-refractivity contribution >= 4 is 11.6 Å². The van der Waals surface area contributed by atoms with Crippen molar-refractivity contribution in [2.45, 2.75) is 6.10 Å². The van der Waals surface area contributed by atoms with E-state index < -0.39 is 0 Å². The minimum atomic E-state index is 0.181. The molecule has 1 aromatic rings. The first kappa shape index (κ1) is 9.32. The Hall–Kier alpha value is -1.24. The van der Waals surface area contributed by atoms with Crippen LogP contribution in [0.4, 0.5) is 0 Å². The van der Waals surface area contributed by atoms with Crippen LogP contribution in [0.5, 0.6) is 5.75 Å². The Morgan fingerprint density at radius 2 is 2.43 bits per heavy atom. The van der Waals surface area contributed by atoms with Crippen LogP contribution in [-0.2, 0) is 4.74 Å². The lowest BCUT2D eigenvalue weighted by Crippen LogP contribution is -2.05. The molecule has 0 radical (unpaired) electrons. The van der Waals surface area contributed by atoms with Crippen LogP contribution in [-0.4, -0.2) is 19.3 Å². The molecule has 1 atom stereocenters. The van der Waals surface area contributed by atoms with Crippen molar-refractivity contribution in [2.75, 3.05) is 13.2 Å². The fraction of sp³-hybridized carbons (Fsp3) is 0.300. The third kappa shape index (κ3) is 2.16. The van der Waals surface area contributed by atoms with Gasteiger partial charge in [-0.25, -0.2) is 0 Å². The average molecular weight is 210 g/mol. The maximum atomic E-state index is 8.79. The highest BCUT2D eigenvalue weighted by atomic mass is 35.5. The Morgan fingerprint density at radius 1 is 1.64 bits per heavy atom. The van der Waals surface area contributed by atoms with Crippen molar-refractivity contribution in [1.29, 1.82) is 5.26 Å². The van der Waals surface area contributed by atoms with Crippen molar-refractivity contribution in [1.82, 2.24) is 0 Å². The van der Waals surface area contributed by atoms with Crippen LogP contribution in [0.2, 0.25) is 5.02 Å². The Morgan fingerprint density at radius 3 is 3.07 bits per heavy atom. The number of halogens is 1. The summed E-state index contributed by atoms with van der Waals surface area (Å²) in [5.41, 5.74) is 0.495. The van der Waals surface area contributed by atoms with Crippen LogP contribution in [0, 0.1) is 11.3 Å². The van der Waals surface area contributed by atoms with Crippen molar-refractivity contribution in [3.05, 3.63) is 28.8 Å². The first-order valence-electron chi connectivity index (χ1n) is 4.23. The average Bonchev–Trinajstić information content (AvgIpc) is 2.98. The number of ether oxygens (including phenoxy) is 2. The maximum Gasteiger partial charge on any atom is 0.138 e. The minimum absolute atomic E-state index is 0.181. The van der Waals surface area contributed by atoms with Crippen LogP contribution >= 0.6 is 11.6 Å². The summed E-state index contributed by atoms with van der Waals surface area (Å²) in [7, 11) is 0. The molecule has 0 aromatic heterocycles. The molecule has 1 aliphatic heterocycles. The van der Waals surface area contributed by atoms with Gasteiger partial charge in [-0.15, -0.1) is 0 Å². The Balaban J connectivity index is 2.12. The monoisotopic (exact) mass is 209 g/mol. The molecular formula is C10H8ClNO2. The summed E-state index contributed by atoms with van der Waals surface area (Å²) in [4.78, 5) is 0. The fourth-order valence-electron chi connectivity index (χ4n) is 1.05. The molecule has 1 aromatic carbocycles. The summed E-state index contributed by atoms with van der Waals surface area (Å²) < 4.78 is 10.4. The fourth-order valence-corrected chi connectivity index (χ4v) is 1.22. The van der Waals surface area contributed by atoms with E-state index in [4.69, 9.17) is 26.3 Å². The number of epoxide rings is 1.